The second kappa shape index (κ2) is 8.51. The van der Waals surface area contributed by atoms with E-state index in [4.69, 9.17) is 0 Å². The Kier molecular flexibility index (Phi) is 6.61. The summed E-state index contributed by atoms with van der Waals surface area (Å²) in [6.45, 7) is 6.89. The number of hydrogen-bond donors (Lipinski definition) is 1. The number of aromatic nitrogens is 1. The van der Waals surface area contributed by atoms with Crippen LogP contribution in [0.15, 0.2) is 47.5 Å². The summed E-state index contributed by atoms with van der Waals surface area (Å²) in [6.07, 6.45) is 1.49. The number of carbonyl (C=O) groups is 1. The van der Waals surface area contributed by atoms with Crippen LogP contribution in [0.1, 0.15) is 42.7 Å². The van der Waals surface area contributed by atoms with Gasteiger partial charge in [-0.15, -0.1) is 0 Å². The van der Waals surface area contributed by atoms with Gasteiger partial charge in [-0.2, -0.15) is 4.31 Å². The molecule has 0 aliphatic heterocycles. The molecule has 2 rings (SSSR count). The van der Waals surface area contributed by atoms with E-state index in [1.54, 1.807) is 25.5 Å². The minimum absolute atomic E-state index is 0.143. The maximum absolute atomic E-state index is 12.6. The highest BCUT2D eigenvalue weighted by molar-refractivity contribution is 7.89. The van der Waals surface area contributed by atoms with E-state index in [2.05, 4.69) is 5.32 Å². The molecule has 0 bridgehead atoms. The van der Waals surface area contributed by atoms with E-state index in [9.17, 15) is 13.2 Å². The fourth-order valence-electron chi connectivity index (χ4n) is 2.85. The van der Waals surface area contributed by atoms with Gasteiger partial charge in [-0.3, -0.25) is 4.79 Å². The maximum Gasteiger partial charge on any atom is 0.267 e. The number of rotatable bonds is 8. The molecule has 26 heavy (non-hydrogen) atoms. The molecular formula is C19H27N3O3S. The zero-order chi connectivity index (χ0) is 19.3. The summed E-state index contributed by atoms with van der Waals surface area (Å²) in [5.41, 5.74) is 1.47. The number of carbonyl (C=O) groups excluding carboxylic acids is 1. The van der Waals surface area contributed by atoms with Gasteiger partial charge in [0.25, 0.3) is 5.91 Å². The molecule has 7 heteroatoms. The van der Waals surface area contributed by atoms with Crippen molar-refractivity contribution in [2.24, 2.45) is 7.05 Å². The van der Waals surface area contributed by atoms with Gasteiger partial charge in [0.2, 0.25) is 10.0 Å². The molecule has 1 N–H and O–H groups in total. The van der Waals surface area contributed by atoms with Crippen LogP contribution in [0.3, 0.4) is 0 Å². The van der Waals surface area contributed by atoms with Crippen molar-refractivity contribution in [2.75, 3.05) is 19.6 Å². The summed E-state index contributed by atoms with van der Waals surface area (Å²) in [5.74, 6) is -0.115. The first kappa shape index (κ1) is 20.2. The van der Waals surface area contributed by atoms with Crippen LogP contribution in [0.25, 0.3) is 0 Å². The average molecular weight is 378 g/mol. The molecule has 0 fully saturated rings. The number of aryl methyl sites for hydroxylation is 1. The van der Waals surface area contributed by atoms with Gasteiger partial charge < -0.3 is 9.88 Å². The van der Waals surface area contributed by atoms with Crippen molar-refractivity contribution in [2.45, 2.75) is 31.6 Å². The van der Waals surface area contributed by atoms with Gasteiger partial charge in [0.15, 0.2) is 0 Å². The molecule has 0 saturated heterocycles. The number of amides is 1. The van der Waals surface area contributed by atoms with Gasteiger partial charge in [0.1, 0.15) is 10.6 Å². The van der Waals surface area contributed by atoms with Crippen molar-refractivity contribution >= 4 is 15.9 Å². The molecule has 6 nitrogen and oxygen atoms in total. The Morgan fingerprint density at radius 2 is 1.81 bits per heavy atom. The lowest BCUT2D eigenvalue weighted by molar-refractivity contribution is 0.0943. The number of hydrogen-bond acceptors (Lipinski definition) is 3. The van der Waals surface area contributed by atoms with Crippen LogP contribution in [-0.4, -0.2) is 42.8 Å². The van der Waals surface area contributed by atoms with Crippen LogP contribution >= 0.6 is 0 Å². The smallest absolute Gasteiger partial charge is 0.267 e. The van der Waals surface area contributed by atoms with E-state index in [1.165, 1.54) is 16.6 Å². The van der Waals surface area contributed by atoms with Crippen LogP contribution in [0.2, 0.25) is 0 Å². The third-order valence-corrected chi connectivity index (χ3v) is 6.51. The molecule has 1 aromatic carbocycles. The highest BCUT2D eigenvalue weighted by Crippen LogP contribution is 2.19. The fourth-order valence-corrected chi connectivity index (χ4v) is 4.38. The van der Waals surface area contributed by atoms with Gasteiger partial charge in [-0.05, 0) is 17.5 Å². The molecule has 2 aromatic rings. The third kappa shape index (κ3) is 4.34. The van der Waals surface area contributed by atoms with Gasteiger partial charge in [0.05, 0.1) is 0 Å². The number of benzene rings is 1. The summed E-state index contributed by atoms with van der Waals surface area (Å²) >= 11 is 0. The van der Waals surface area contributed by atoms with Crippen molar-refractivity contribution in [3.05, 3.63) is 53.9 Å². The lowest BCUT2D eigenvalue weighted by atomic mass is 10.0. The maximum atomic E-state index is 12.6. The molecule has 1 unspecified atom stereocenters. The van der Waals surface area contributed by atoms with Gasteiger partial charge in [-0.25, -0.2) is 8.42 Å². The van der Waals surface area contributed by atoms with Crippen LogP contribution in [0.4, 0.5) is 0 Å². The average Bonchev–Trinajstić information content (AvgIpc) is 3.03. The van der Waals surface area contributed by atoms with Crippen LogP contribution in [0.5, 0.6) is 0 Å². The summed E-state index contributed by atoms with van der Waals surface area (Å²) in [7, 11) is -1.90. The SMILES string of the molecule is CCN(CC)S(=O)(=O)c1cc(C(=O)NCC(C)c2ccccc2)n(C)c1. The molecule has 1 aromatic heterocycles. The van der Waals surface area contributed by atoms with E-state index < -0.39 is 10.0 Å². The standard InChI is InChI=1S/C19H27N3O3S/c1-5-22(6-2)26(24,25)17-12-18(21(4)14-17)19(23)20-13-15(3)16-10-8-7-9-11-16/h7-12,14-15H,5-6,13H2,1-4H3,(H,20,23). The first-order valence-corrected chi connectivity index (χ1v) is 10.2. The Balaban J connectivity index is 2.12. The molecule has 0 aliphatic carbocycles. The Morgan fingerprint density at radius 1 is 1.19 bits per heavy atom. The molecule has 0 aliphatic rings. The zero-order valence-corrected chi connectivity index (χ0v) is 16.6. The van der Waals surface area contributed by atoms with Crippen LogP contribution in [0, 0.1) is 0 Å². The van der Waals surface area contributed by atoms with Crippen molar-refractivity contribution in [1.82, 2.24) is 14.2 Å². The second-order valence-electron chi connectivity index (χ2n) is 6.28. The quantitative estimate of drug-likeness (QED) is 0.769. The number of nitrogens with zero attached hydrogens (tertiary/aromatic N) is 2. The van der Waals surface area contributed by atoms with Gasteiger partial charge in [-0.1, -0.05) is 51.1 Å². The summed E-state index contributed by atoms with van der Waals surface area (Å²) in [6, 6.07) is 11.4. The fraction of sp³-hybridized carbons (Fsp3) is 0.421. The lowest BCUT2D eigenvalue weighted by Gasteiger charge is -2.17. The minimum Gasteiger partial charge on any atom is -0.350 e. The van der Waals surface area contributed by atoms with E-state index in [0.717, 1.165) is 5.56 Å². The molecule has 0 spiro atoms. The summed E-state index contributed by atoms with van der Waals surface area (Å²) in [4.78, 5) is 12.7. The molecular weight excluding hydrogens is 350 g/mol. The Bertz CT molecular complexity index is 840. The highest BCUT2D eigenvalue weighted by atomic mass is 32.2. The predicted octanol–water partition coefficient (Wildman–Crippen LogP) is 2.59. The van der Waals surface area contributed by atoms with E-state index in [1.807, 2.05) is 37.3 Å². The first-order valence-electron chi connectivity index (χ1n) is 8.80. The van der Waals surface area contributed by atoms with Crippen molar-refractivity contribution in [3.63, 3.8) is 0 Å². The molecule has 1 amide bonds. The van der Waals surface area contributed by atoms with Crippen LogP contribution < -0.4 is 5.32 Å². The first-order chi connectivity index (χ1) is 12.3. The molecule has 0 radical (unpaired) electrons. The molecule has 1 atom stereocenters. The monoisotopic (exact) mass is 377 g/mol. The van der Waals surface area contributed by atoms with Crippen LogP contribution in [-0.2, 0) is 17.1 Å². The van der Waals surface area contributed by atoms with Gasteiger partial charge >= 0.3 is 0 Å². The number of sulfonamides is 1. The van der Waals surface area contributed by atoms with Gasteiger partial charge in [0, 0.05) is 32.9 Å². The topological polar surface area (TPSA) is 71.4 Å². The third-order valence-electron chi connectivity index (χ3n) is 4.49. The summed E-state index contributed by atoms with van der Waals surface area (Å²) < 4.78 is 28.2. The van der Waals surface area contributed by atoms with E-state index in [-0.39, 0.29) is 16.7 Å². The summed E-state index contributed by atoms with van der Waals surface area (Å²) in [5, 5.41) is 2.89. The molecule has 142 valence electrons. The Morgan fingerprint density at radius 3 is 2.38 bits per heavy atom. The van der Waals surface area contributed by atoms with E-state index in [0.29, 0.717) is 25.3 Å². The van der Waals surface area contributed by atoms with Crippen molar-refractivity contribution in [3.8, 4) is 0 Å². The molecule has 0 saturated carbocycles. The minimum atomic E-state index is -3.58. The number of nitrogens with one attached hydrogen (secondary N) is 1. The Hall–Kier alpha value is -2.12. The predicted molar refractivity (Wildman–Crippen MR) is 103 cm³/mol. The highest BCUT2D eigenvalue weighted by Gasteiger charge is 2.25. The second-order valence-corrected chi connectivity index (χ2v) is 8.22. The Labute approximate surface area is 155 Å². The van der Waals surface area contributed by atoms with Crippen molar-refractivity contribution in [1.29, 1.82) is 0 Å². The largest absolute Gasteiger partial charge is 0.350 e. The normalized spacial score (nSPS) is 13.0. The van der Waals surface area contributed by atoms with E-state index >= 15 is 0 Å². The zero-order valence-electron chi connectivity index (χ0n) is 15.8. The van der Waals surface area contributed by atoms with Crippen molar-refractivity contribution < 1.29 is 13.2 Å². The lowest BCUT2D eigenvalue weighted by Crippen LogP contribution is -2.30. The molecule has 1 heterocycles.